The van der Waals surface area contributed by atoms with Crippen LogP contribution in [0.4, 0.5) is 16.2 Å². The third-order valence-corrected chi connectivity index (χ3v) is 3.87. The molecule has 142 valence electrons. The molecule has 0 atom stereocenters. The van der Waals surface area contributed by atoms with Crippen molar-refractivity contribution < 1.29 is 13.9 Å². The van der Waals surface area contributed by atoms with Crippen LogP contribution in [0.5, 0.6) is 11.5 Å². The van der Waals surface area contributed by atoms with E-state index >= 15 is 0 Å². The Morgan fingerprint density at radius 2 is 1.89 bits per heavy atom. The summed E-state index contributed by atoms with van der Waals surface area (Å²) in [5.41, 5.74) is 13.2. The molecule has 1 aromatic heterocycles. The van der Waals surface area contributed by atoms with Crippen LogP contribution in [0.25, 0.3) is 11.3 Å². The molecule has 0 aliphatic rings. The minimum absolute atomic E-state index is 0.00870. The van der Waals surface area contributed by atoms with E-state index in [0.29, 0.717) is 34.9 Å². The molecule has 7 nitrogen and oxygen atoms in total. The van der Waals surface area contributed by atoms with E-state index in [9.17, 15) is 9.65 Å². The van der Waals surface area contributed by atoms with E-state index in [-0.39, 0.29) is 29.8 Å². The van der Waals surface area contributed by atoms with Crippen molar-refractivity contribution in [3.8, 4) is 28.8 Å². The molecule has 0 aliphatic carbocycles. The lowest BCUT2D eigenvalue weighted by molar-refractivity contribution is 0.269. The van der Waals surface area contributed by atoms with Gasteiger partial charge in [0, 0.05) is 5.56 Å². The van der Waals surface area contributed by atoms with Crippen LogP contribution in [0.3, 0.4) is 0 Å². The maximum absolute atomic E-state index is 13.3. The largest absolute Gasteiger partial charge is 0.490 e. The first-order valence-corrected chi connectivity index (χ1v) is 8.49. The van der Waals surface area contributed by atoms with Gasteiger partial charge >= 0.3 is 0 Å². The van der Waals surface area contributed by atoms with Crippen molar-refractivity contribution in [2.75, 3.05) is 18.1 Å². The number of nitriles is 1. The first-order valence-electron chi connectivity index (χ1n) is 8.49. The van der Waals surface area contributed by atoms with Gasteiger partial charge in [-0.1, -0.05) is 12.1 Å². The zero-order chi connectivity index (χ0) is 20.1. The molecular formula is C20H18FN5O2. The van der Waals surface area contributed by atoms with E-state index in [2.05, 4.69) is 9.97 Å². The molecule has 3 rings (SSSR count). The summed E-state index contributed by atoms with van der Waals surface area (Å²) in [5, 5.41) is 9.37. The van der Waals surface area contributed by atoms with Crippen LogP contribution in [0.2, 0.25) is 0 Å². The molecule has 0 fully saturated rings. The zero-order valence-corrected chi connectivity index (χ0v) is 15.1. The Labute approximate surface area is 161 Å². The van der Waals surface area contributed by atoms with Gasteiger partial charge in [-0.3, -0.25) is 0 Å². The number of hydrogen-bond donors (Lipinski definition) is 2. The van der Waals surface area contributed by atoms with E-state index in [1.807, 2.05) is 13.0 Å². The van der Waals surface area contributed by atoms with Gasteiger partial charge in [-0.05, 0) is 42.8 Å². The molecule has 0 saturated heterocycles. The van der Waals surface area contributed by atoms with Gasteiger partial charge in [0.15, 0.2) is 11.5 Å². The maximum atomic E-state index is 13.3. The van der Waals surface area contributed by atoms with E-state index in [4.69, 9.17) is 20.9 Å². The smallest absolute Gasteiger partial charge is 0.222 e. The third-order valence-electron chi connectivity index (χ3n) is 3.87. The molecule has 2 aromatic carbocycles. The molecule has 0 unspecified atom stereocenters. The van der Waals surface area contributed by atoms with Crippen molar-refractivity contribution in [3.63, 3.8) is 0 Å². The number of nitrogens with zero attached hydrogens (tertiary/aromatic N) is 3. The van der Waals surface area contributed by atoms with Crippen LogP contribution >= 0.6 is 0 Å². The summed E-state index contributed by atoms with van der Waals surface area (Å²) < 4.78 is 24.8. The minimum Gasteiger partial charge on any atom is -0.490 e. The molecule has 0 bridgehead atoms. The van der Waals surface area contributed by atoms with Crippen molar-refractivity contribution in [2.45, 2.75) is 13.5 Å². The number of halogens is 1. The Morgan fingerprint density at radius 3 is 2.61 bits per heavy atom. The van der Waals surface area contributed by atoms with Crippen LogP contribution in [0.15, 0.2) is 42.5 Å². The number of rotatable bonds is 6. The van der Waals surface area contributed by atoms with Gasteiger partial charge in [0.2, 0.25) is 5.95 Å². The molecule has 0 radical (unpaired) electrons. The standard InChI is InChI=1S/C20H18FN5O2/c1-2-27-17-9-13(18-15(10-22)19(23)26-20(24)25-18)6-7-16(17)28-11-12-4-3-5-14(21)8-12/h3-9H,2,11H2,1H3,(H4,23,24,25,26). The van der Waals surface area contributed by atoms with Gasteiger partial charge in [0.1, 0.15) is 29.9 Å². The molecule has 0 amide bonds. The second-order valence-electron chi connectivity index (χ2n) is 5.82. The average Bonchev–Trinajstić information content (AvgIpc) is 2.67. The average molecular weight is 379 g/mol. The van der Waals surface area contributed by atoms with E-state index in [0.717, 1.165) is 0 Å². The second kappa shape index (κ2) is 8.22. The van der Waals surface area contributed by atoms with E-state index < -0.39 is 0 Å². The van der Waals surface area contributed by atoms with Gasteiger partial charge in [-0.2, -0.15) is 10.2 Å². The van der Waals surface area contributed by atoms with Crippen LogP contribution in [-0.2, 0) is 6.61 Å². The van der Waals surface area contributed by atoms with Crippen LogP contribution in [0, 0.1) is 17.1 Å². The summed E-state index contributed by atoms with van der Waals surface area (Å²) in [5.74, 6) is 0.578. The maximum Gasteiger partial charge on any atom is 0.222 e. The van der Waals surface area contributed by atoms with E-state index in [1.54, 1.807) is 30.3 Å². The lowest BCUT2D eigenvalue weighted by Crippen LogP contribution is -2.05. The van der Waals surface area contributed by atoms with Crippen LogP contribution in [-0.4, -0.2) is 16.6 Å². The first kappa shape index (κ1) is 18.9. The molecule has 1 heterocycles. The molecule has 0 aliphatic heterocycles. The lowest BCUT2D eigenvalue weighted by Gasteiger charge is -2.14. The van der Waals surface area contributed by atoms with Crippen molar-refractivity contribution >= 4 is 11.8 Å². The Hall–Kier alpha value is -3.86. The molecule has 3 aromatic rings. The normalized spacial score (nSPS) is 10.3. The Morgan fingerprint density at radius 1 is 1.07 bits per heavy atom. The number of hydrogen-bond acceptors (Lipinski definition) is 7. The Bertz CT molecular complexity index is 1050. The second-order valence-corrected chi connectivity index (χ2v) is 5.82. The van der Waals surface area contributed by atoms with Gasteiger partial charge in [0.25, 0.3) is 0 Å². The van der Waals surface area contributed by atoms with Crippen LogP contribution in [0.1, 0.15) is 18.1 Å². The summed E-state index contributed by atoms with van der Waals surface area (Å²) in [6.07, 6.45) is 0. The number of aromatic nitrogens is 2. The first-order chi connectivity index (χ1) is 13.5. The highest BCUT2D eigenvalue weighted by Crippen LogP contribution is 2.34. The van der Waals surface area contributed by atoms with Gasteiger partial charge in [-0.15, -0.1) is 0 Å². The number of nitrogens with two attached hydrogens (primary N) is 2. The quantitative estimate of drug-likeness (QED) is 0.674. The number of benzene rings is 2. The van der Waals surface area contributed by atoms with Gasteiger partial charge in [-0.25, -0.2) is 9.37 Å². The predicted octanol–water partition coefficient (Wildman–Crippen LogP) is 3.30. The molecule has 0 spiro atoms. The van der Waals surface area contributed by atoms with E-state index in [1.165, 1.54) is 12.1 Å². The van der Waals surface area contributed by atoms with Gasteiger partial charge < -0.3 is 20.9 Å². The fraction of sp³-hybridized carbons (Fsp3) is 0.150. The Kier molecular flexibility index (Phi) is 5.56. The van der Waals surface area contributed by atoms with Crippen LogP contribution < -0.4 is 20.9 Å². The fourth-order valence-corrected chi connectivity index (χ4v) is 2.65. The summed E-state index contributed by atoms with van der Waals surface area (Å²) >= 11 is 0. The number of ether oxygens (including phenoxy) is 2. The predicted molar refractivity (Wildman–Crippen MR) is 103 cm³/mol. The topological polar surface area (TPSA) is 120 Å². The highest BCUT2D eigenvalue weighted by Gasteiger charge is 2.16. The summed E-state index contributed by atoms with van der Waals surface area (Å²) in [6.45, 7) is 2.41. The fourth-order valence-electron chi connectivity index (χ4n) is 2.65. The van der Waals surface area contributed by atoms with Gasteiger partial charge in [0.05, 0.1) is 12.3 Å². The minimum atomic E-state index is -0.329. The van der Waals surface area contributed by atoms with Crippen molar-refractivity contribution in [1.29, 1.82) is 5.26 Å². The molecule has 0 saturated carbocycles. The highest BCUT2D eigenvalue weighted by molar-refractivity contribution is 5.74. The number of anilines is 2. The highest BCUT2D eigenvalue weighted by atomic mass is 19.1. The zero-order valence-electron chi connectivity index (χ0n) is 15.1. The lowest BCUT2D eigenvalue weighted by atomic mass is 10.1. The monoisotopic (exact) mass is 379 g/mol. The van der Waals surface area contributed by atoms with Crippen molar-refractivity contribution in [2.24, 2.45) is 0 Å². The molecule has 28 heavy (non-hydrogen) atoms. The molecular weight excluding hydrogens is 361 g/mol. The third kappa shape index (κ3) is 4.10. The summed E-state index contributed by atoms with van der Waals surface area (Å²) in [4.78, 5) is 7.95. The van der Waals surface area contributed by atoms with Crippen molar-refractivity contribution in [1.82, 2.24) is 9.97 Å². The van der Waals surface area contributed by atoms with Crippen molar-refractivity contribution in [3.05, 3.63) is 59.4 Å². The molecule has 8 heteroatoms. The SMILES string of the molecule is CCOc1cc(-c2nc(N)nc(N)c2C#N)ccc1OCc1cccc(F)c1. The molecule has 4 N–H and O–H groups in total. The summed E-state index contributed by atoms with van der Waals surface area (Å²) in [7, 11) is 0. The Balaban J connectivity index is 1.95. The number of nitrogen functional groups attached to an aromatic ring is 2. The summed E-state index contributed by atoms with van der Waals surface area (Å²) in [6, 6.07) is 13.2.